The van der Waals surface area contributed by atoms with Gasteiger partial charge in [0.1, 0.15) is 0 Å². The summed E-state index contributed by atoms with van der Waals surface area (Å²) in [5, 5.41) is 12.1. The predicted molar refractivity (Wildman–Crippen MR) is 78.5 cm³/mol. The largest absolute Gasteiger partial charge is 0.481 e. The van der Waals surface area contributed by atoms with Crippen LogP contribution in [0.4, 0.5) is 0 Å². The smallest absolute Gasteiger partial charge is 0.306 e. The van der Waals surface area contributed by atoms with Gasteiger partial charge in [-0.2, -0.15) is 0 Å². The number of carboxylic acids is 1. The van der Waals surface area contributed by atoms with E-state index in [4.69, 9.17) is 9.84 Å². The summed E-state index contributed by atoms with van der Waals surface area (Å²) < 4.78 is 5.80. The molecule has 0 aromatic carbocycles. The number of aromatic nitrogens is 1. The minimum atomic E-state index is -0.757. The highest BCUT2D eigenvalue weighted by Gasteiger charge is 2.51. The van der Waals surface area contributed by atoms with Crippen molar-refractivity contribution < 1.29 is 19.4 Å². The van der Waals surface area contributed by atoms with E-state index in [0.29, 0.717) is 31.4 Å². The molecule has 1 aromatic rings. The zero-order valence-electron chi connectivity index (χ0n) is 12.5. The first kappa shape index (κ1) is 15.0. The fourth-order valence-corrected chi connectivity index (χ4v) is 3.44. The molecule has 1 amide bonds. The van der Waals surface area contributed by atoms with Crippen molar-refractivity contribution in [1.82, 2.24) is 10.3 Å². The molecule has 1 aliphatic carbocycles. The fourth-order valence-electron chi connectivity index (χ4n) is 3.44. The number of hydrogen-bond acceptors (Lipinski definition) is 4. The van der Waals surface area contributed by atoms with Gasteiger partial charge in [0.15, 0.2) is 0 Å². The summed E-state index contributed by atoms with van der Waals surface area (Å²) >= 11 is 0. The van der Waals surface area contributed by atoms with Crippen LogP contribution in [0.1, 0.15) is 41.6 Å². The number of carboxylic acid groups (broad SMARTS) is 1. The number of pyridine rings is 1. The van der Waals surface area contributed by atoms with E-state index < -0.39 is 5.97 Å². The lowest BCUT2D eigenvalue weighted by Gasteiger charge is -2.50. The Morgan fingerprint density at radius 3 is 2.86 bits per heavy atom. The number of rotatable bonds is 3. The Labute approximate surface area is 128 Å². The van der Waals surface area contributed by atoms with Gasteiger partial charge in [-0.15, -0.1) is 0 Å². The summed E-state index contributed by atoms with van der Waals surface area (Å²) in [5.74, 6) is -1.17. The molecule has 3 rings (SSSR count). The lowest BCUT2D eigenvalue weighted by molar-refractivity contribution is -0.181. The van der Waals surface area contributed by atoms with Crippen LogP contribution in [0.2, 0.25) is 0 Å². The van der Waals surface area contributed by atoms with Gasteiger partial charge in [-0.3, -0.25) is 14.6 Å². The van der Waals surface area contributed by atoms with Crippen LogP contribution in [-0.4, -0.2) is 40.2 Å². The van der Waals surface area contributed by atoms with E-state index >= 15 is 0 Å². The Morgan fingerprint density at radius 2 is 2.18 bits per heavy atom. The number of hydrogen-bond donors (Lipinski definition) is 2. The number of carbonyl (C=O) groups is 2. The van der Waals surface area contributed by atoms with Crippen LogP contribution in [0.5, 0.6) is 0 Å². The molecule has 1 saturated carbocycles. The normalized spacial score (nSPS) is 30.6. The van der Waals surface area contributed by atoms with Crippen LogP contribution in [0.3, 0.4) is 0 Å². The lowest BCUT2D eigenvalue weighted by Crippen LogP contribution is -2.56. The molecule has 2 heterocycles. The average Bonchev–Trinajstić information content (AvgIpc) is 2.45. The number of aryl methyl sites for hydroxylation is 1. The molecule has 1 aliphatic heterocycles. The summed E-state index contributed by atoms with van der Waals surface area (Å²) in [6, 6.07) is 1.74. The molecule has 118 valence electrons. The van der Waals surface area contributed by atoms with Gasteiger partial charge in [0.25, 0.3) is 5.91 Å². The van der Waals surface area contributed by atoms with E-state index in [-0.39, 0.29) is 23.5 Å². The van der Waals surface area contributed by atoms with Gasteiger partial charge in [-0.1, -0.05) is 0 Å². The maximum absolute atomic E-state index is 12.3. The van der Waals surface area contributed by atoms with E-state index in [1.165, 1.54) is 0 Å². The average molecular weight is 304 g/mol. The van der Waals surface area contributed by atoms with Crippen molar-refractivity contribution in [2.75, 3.05) is 6.61 Å². The van der Waals surface area contributed by atoms with Crippen LogP contribution in [-0.2, 0) is 9.53 Å². The summed E-state index contributed by atoms with van der Waals surface area (Å²) in [4.78, 5) is 27.3. The first-order valence-electron chi connectivity index (χ1n) is 7.57. The van der Waals surface area contributed by atoms with Crippen molar-refractivity contribution in [2.24, 2.45) is 5.92 Å². The molecule has 0 radical (unpaired) electrons. The highest BCUT2D eigenvalue weighted by molar-refractivity contribution is 5.95. The number of nitrogens with one attached hydrogen (secondary N) is 1. The van der Waals surface area contributed by atoms with Crippen LogP contribution < -0.4 is 5.32 Å². The summed E-state index contributed by atoms with van der Waals surface area (Å²) in [6.07, 6.45) is 5.81. The molecule has 0 bridgehead atoms. The van der Waals surface area contributed by atoms with Crippen molar-refractivity contribution in [2.45, 2.75) is 44.2 Å². The second-order valence-corrected chi connectivity index (χ2v) is 6.33. The number of nitrogens with zero attached hydrogens (tertiary/aromatic N) is 1. The standard InChI is InChI=1S/C16H20N2O4/c1-10-9-17-4-2-13(10)14(19)18-12-3-5-22-16(8-12)6-11(7-16)15(20)21/h2,4,9,11-12H,3,5-8H2,1H3,(H,18,19)(H,20,21). The highest BCUT2D eigenvalue weighted by atomic mass is 16.5. The quantitative estimate of drug-likeness (QED) is 0.884. The van der Waals surface area contributed by atoms with Gasteiger partial charge in [-0.25, -0.2) is 0 Å². The van der Waals surface area contributed by atoms with Crippen LogP contribution in [0.25, 0.3) is 0 Å². The third kappa shape index (κ3) is 2.83. The maximum Gasteiger partial charge on any atom is 0.306 e. The monoisotopic (exact) mass is 304 g/mol. The second kappa shape index (κ2) is 5.68. The zero-order valence-corrected chi connectivity index (χ0v) is 12.5. The Balaban J connectivity index is 1.61. The third-order valence-corrected chi connectivity index (χ3v) is 4.68. The maximum atomic E-state index is 12.3. The number of aliphatic carboxylic acids is 1. The molecule has 6 heteroatoms. The minimum Gasteiger partial charge on any atom is -0.481 e. The minimum absolute atomic E-state index is 0.0311. The number of ether oxygens (including phenoxy) is 1. The molecule has 2 fully saturated rings. The van der Waals surface area contributed by atoms with E-state index in [0.717, 1.165) is 12.0 Å². The SMILES string of the molecule is Cc1cnccc1C(=O)NC1CCOC2(C1)CC(C(=O)O)C2. The highest BCUT2D eigenvalue weighted by Crippen LogP contribution is 2.46. The van der Waals surface area contributed by atoms with Gasteiger partial charge >= 0.3 is 5.97 Å². The lowest BCUT2D eigenvalue weighted by atomic mass is 9.66. The molecule has 1 saturated heterocycles. The first-order valence-corrected chi connectivity index (χ1v) is 7.57. The van der Waals surface area contributed by atoms with Gasteiger partial charge < -0.3 is 15.2 Å². The van der Waals surface area contributed by atoms with Crippen molar-refractivity contribution in [1.29, 1.82) is 0 Å². The van der Waals surface area contributed by atoms with Crippen LogP contribution in [0, 0.1) is 12.8 Å². The molecule has 6 nitrogen and oxygen atoms in total. The van der Waals surface area contributed by atoms with Gasteiger partial charge in [0, 0.05) is 30.6 Å². The van der Waals surface area contributed by atoms with Crippen molar-refractivity contribution in [3.05, 3.63) is 29.6 Å². The van der Waals surface area contributed by atoms with E-state index in [1.54, 1.807) is 18.5 Å². The van der Waals surface area contributed by atoms with Gasteiger partial charge in [0.2, 0.25) is 0 Å². The molecule has 1 spiro atoms. The molecular weight excluding hydrogens is 284 g/mol. The Kier molecular flexibility index (Phi) is 3.87. The molecule has 2 aliphatic rings. The third-order valence-electron chi connectivity index (χ3n) is 4.68. The molecular formula is C16H20N2O4. The topological polar surface area (TPSA) is 88.5 Å². The zero-order chi connectivity index (χ0) is 15.7. The summed E-state index contributed by atoms with van der Waals surface area (Å²) in [6.45, 7) is 2.42. The second-order valence-electron chi connectivity index (χ2n) is 6.33. The number of amides is 1. The summed E-state index contributed by atoms with van der Waals surface area (Å²) in [7, 11) is 0. The fraction of sp³-hybridized carbons (Fsp3) is 0.562. The molecule has 1 aromatic heterocycles. The van der Waals surface area contributed by atoms with Crippen LogP contribution in [0.15, 0.2) is 18.5 Å². The van der Waals surface area contributed by atoms with Crippen molar-refractivity contribution >= 4 is 11.9 Å². The van der Waals surface area contributed by atoms with E-state index in [1.807, 2.05) is 6.92 Å². The molecule has 1 atom stereocenters. The Bertz CT molecular complexity index is 596. The molecule has 22 heavy (non-hydrogen) atoms. The first-order chi connectivity index (χ1) is 10.5. The summed E-state index contributed by atoms with van der Waals surface area (Å²) in [5.41, 5.74) is 1.12. The van der Waals surface area contributed by atoms with Crippen molar-refractivity contribution in [3.63, 3.8) is 0 Å². The predicted octanol–water partition coefficient (Wildman–Crippen LogP) is 1.53. The van der Waals surface area contributed by atoms with Crippen LogP contribution >= 0.6 is 0 Å². The van der Waals surface area contributed by atoms with Crippen molar-refractivity contribution in [3.8, 4) is 0 Å². The van der Waals surface area contributed by atoms with Gasteiger partial charge in [-0.05, 0) is 44.2 Å². The Hall–Kier alpha value is -1.95. The van der Waals surface area contributed by atoms with E-state index in [9.17, 15) is 9.59 Å². The number of carbonyl (C=O) groups excluding carboxylic acids is 1. The molecule has 1 unspecified atom stereocenters. The Morgan fingerprint density at radius 1 is 1.41 bits per heavy atom. The molecule has 2 N–H and O–H groups in total. The van der Waals surface area contributed by atoms with Gasteiger partial charge in [0.05, 0.1) is 11.5 Å². The van der Waals surface area contributed by atoms with E-state index in [2.05, 4.69) is 10.3 Å².